The van der Waals surface area contributed by atoms with E-state index < -0.39 is 11.9 Å². The van der Waals surface area contributed by atoms with E-state index in [1.165, 1.54) is 11.2 Å². The van der Waals surface area contributed by atoms with Gasteiger partial charge in [0.15, 0.2) is 0 Å². The molecule has 0 saturated heterocycles. The van der Waals surface area contributed by atoms with Crippen LogP contribution in [-0.2, 0) is 11.3 Å². The lowest BCUT2D eigenvalue weighted by Gasteiger charge is -2.29. The third kappa shape index (κ3) is 4.62. The summed E-state index contributed by atoms with van der Waals surface area (Å²) < 4.78 is 0. The zero-order chi connectivity index (χ0) is 17.6. The third-order valence-electron chi connectivity index (χ3n) is 4.45. The first kappa shape index (κ1) is 17.1. The van der Waals surface area contributed by atoms with Gasteiger partial charge in [0.1, 0.15) is 6.54 Å². The molecule has 3 rings (SSSR count). The second kappa shape index (κ2) is 7.87. The average molecular weight is 342 g/mol. The van der Waals surface area contributed by atoms with Crippen LogP contribution in [0.2, 0.25) is 0 Å². The summed E-state index contributed by atoms with van der Waals surface area (Å²) in [5.74, 6) is 0.395. The number of tetrazole rings is 1. The molecule has 1 aliphatic carbocycles. The van der Waals surface area contributed by atoms with Crippen LogP contribution in [0.25, 0.3) is 11.4 Å². The van der Waals surface area contributed by atoms with Crippen LogP contribution in [0, 0.1) is 5.92 Å². The van der Waals surface area contributed by atoms with Gasteiger partial charge in [-0.3, -0.25) is 10.1 Å². The number of urea groups is 1. The molecule has 8 nitrogen and oxygen atoms in total. The molecule has 2 N–H and O–H groups in total. The van der Waals surface area contributed by atoms with E-state index in [-0.39, 0.29) is 12.6 Å². The van der Waals surface area contributed by atoms with Crippen LogP contribution in [0.3, 0.4) is 0 Å². The maximum Gasteiger partial charge on any atom is 0.321 e. The predicted octanol–water partition coefficient (Wildman–Crippen LogP) is 1.74. The van der Waals surface area contributed by atoms with Crippen molar-refractivity contribution in [3.05, 3.63) is 30.3 Å². The van der Waals surface area contributed by atoms with Gasteiger partial charge < -0.3 is 5.32 Å². The highest BCUT2D eigenvalue weighted by Crippen LogP contribution is 2.23. The molecule has 0 bridgehead atoms. The van der Waals surface area contributed by atoms with E-state index in [4.69, 9.17) is 0 Å². The molecule has 0 radical (unpaired) electrons. The van der Waals surface area contributed by atoms with Gasteiger partial charge in [-0.2, -0.15) is 4.80 Å². The first-order chi connectivity index (χ1) is 12.1. The number of amides is 3. The van der Waals surface area contributed by atoms with Crippen molar-refractivity contribution in [1.29, 1.82) is 0 Å². The minimum absolute atomic E-state index is 0.121. The number of hydrogen-bond acceptors (Lipinski definition) is 5. The maximum atomic E-state index is 12.0. The summed E-state index contributed by atoms with van der Waals surface area (Å²) in [6.07, 6.45) is 4.36. The Bertz CT molecular complexity index is 730. The summed E-state index contributed by atoms with van der Waals surface area (Å²) in [5.41, 5.74) is 0.818. The number of benzene rings is 1. The van der Waals surface area contributed by atoms with Crippen LogP contribution in [0.4, 0.5) is 4.79 Å². The molecule has 2 aromatic rings. The Morgan fingerprint density at radius 1 is 1.20 bits per heavy atom. The first-order valence-corrected chi connectivity index (χ1v) is 8.55. The predicted molar refractivity (Wildman–Crippen MR) is 91.3 cm³/mol. The number of carbonyl (C=O) groups excluding carboxylic acids is 2. The SMILES string of the molecule is CC1CCCCC1NC(=O)NC(=O)Cn1nnc(-c2ccccc2)n1. The van der Waals surface area contributed by atoms with E-state index >= 15 is 0 Å². The molecule has 1 aromatic heterocycles. The van der Waals surface area contributed by atoms with Gasteiger partial charge >= 0.3 is 6.03 Å². The second-order valence-corrected chi connectivity index (χ2v) is 6.40. The Morgan fingerprint density at radius 3 is 2.72 bits per heavy atom. The Balaban J connectivity index is 1.51. The summed E-state index contributed by atoms with van der Waals surface area (Å²) in [6, 6.07) is 9.02. The Morgan fingerprint density at radius 2 is 1.96 bits per heavy atom. The van der Waals surface area contributed by atoms with E-state index in [0.717, 1.165) is 24.8 Å². The monoisotopic (exact) mass is 342 g/mol. The smallest absolute Gasteiger partial charge is 0.321 e. The van der Waals surface area contributed by atoms with Crippen molar-refractivity contribution in [2.75, 3.05) is 0 Å². The van der Waals surface area contributed by atoms with Gasteiger partial charge in [-0.05, 0) is 24.0 Å². The fourth-order valence-corrected chi connectivity index (χ4v) is 3.04. The molecule has 1 heterocycles. The molecule has 132 valence electrons. The maximum absolute atomic E-state index is 12.0. The number of nitrogens with one attached hydrogen (secondary N) is 2. The molecule has 25 heavy (non-hydrogen) atoms. The molecule has 1 aromatic carbocycles. The number of rotatable bonds is 4. The molecular formula is C17H22N6O2. The van der Waals surface area contributed by atoms with Gasteiger partial charge in [0.05, 0.1) is 0 Å². The van der Waals surface area contributed by atoms with Crippen LogP contribution < -0.4 is 10.6 Å². The minimum Gasteiger partial charge on any atom is -0.335 e. The van der Waals surface area contributed by atoms with Crippen molar-refractivity contribution in [2.24, 2.45) is 5.92 Å². The Labute approximate surface area is 146 Å². The lowest BCUT2D eigenvalue weighted by molar-refractivity contribution is -0.121. The Kier molecular flexibility index (Phi) is 5.37. The molecule has 0 spiro atoms. The topological polar surface area (TPSA) is 102 Å². The standard InChI is InChI=1S/C17H22N6O2/c1-12-7-5-6-10-14(12)18-17(25)19-15(24)11-23-21-16(20-22-23)13-8-3-2-4-9-13/h2-4,8-9,12,14H,5-7,10-11H2,1H3,(H2,18,19,24,25). The lowest BCUT2D eigenvalue weighted by Crippen LogP contribution is -2.48. The average Bonchev–Trinajstić information content (AvgIpc) is 3.06. The zero-order valence-corrected chi connectivity index (χ0v) is 14.2. The minimum atomic E-state index is -0.474. The molecule has 1 aliphatic rings. The molecule has 0 aliphatic heterocycles. The van der Waals surface area contributed by atoms with Gasteiger partial charge in [-0.1, -0.05) is 50.1 Å². The molecule has 8 heteroatoms. The summed E-state index contributed by atoms with van der Waals surface area (Å²) in [6.45, 7) is 1.96. The fourth-order valence-electron chi connectivity index (χ4n) is 3.04. The van der Waals surface area contributed by atoms with Gasteiger partial charge in [0.2, 0.25) is 5.82 Å². The van der Waals surface area contributed by atoms with Gasteiger partial charge in [-0.15, -0.1) is 10.2 Å². The number of carbonyl (C=O) groups is 2. The molecule has 2 unspecified atom stereocenters. The van der Waals surface area contributed by atoms with Crippen LogP contribution >= 0.6 is 0 Å². The summed E-state index contributed by atoms with van der Waals surface area (Å²) >= 11 is 0. The lowest BCUT2D eigenvalue weighted by atomic mass is 9.86. The quantitative estimate of drug-likeness (QED) is 0.881. The number of imide groups is 1. The molecule has 1 saturated carbocycles. The number of nitrogens with zero attached hydrogens (tertiary/aromatic N) is 4. The van der Waals surface area contributed by atoms with Crippen molar-refractivity contribution in [1.82, 2.24) is 30.8 Å². The highest BCUT2D eigenvalue weighted by molar-refractivity contribution is 5.94. The van der Waals surface area contributed by atoms with Crippen LogP contribution in [0.1, 0.15) is 32.6 Å². The van der Waals surface area contributed by atoms with Crippen LogP contribution in [0.5, 0.6) is 0 Å². The molecule has 3 amide bonds. The number of aromatic nitrogens is 4. The van der Waals surface area contributed by atoms with E-state index in [1.54, 1.807) is 0 Å². The van der Waals surface area contributed by atoms with Crippen molar-refractivity contribution >= 4 is 11.9 Å². The highest BCUT2D eigenvalue weighted by atomic mass is 16.2. The van der Waals surface area contributed by atoms with Gasteiger partial charge in [0.25, 0.3) is 5.91 Å². The summed E-state index contributed by atoms with van der Waals surface area (Å²) in [5, 5.41) is 17.1. The van der Waals surface area contributed by atoms with Crippen molar-refractivity contribution in [3.8, 4) is 11.4 Å². The highest BCUT2D eigenvalue weighted by Gasteiger charge is 2.23. The molecular weight excluding hydrogens is 320 g/mol. The van der Waals surface area contributed by atoms with Gasteiger partial charge in [-0.25, -0.2) is 4.79 Å². The number of hydrogen-bond donors (Lipinski definition) is 2. The van der Waals surface area contributed by atoms with Crippen molar-refractivity contribution < 1.29 is 9.59 Å². The zero-order valence-electron chi connectivity index (χ0n) is 14.2. The fraction of sp³-hybridized carbons (Fsp3) is 0.471. The van der Waals surface area contributed by atoms with E-state index in [2.05, 4.69) is 33.0 Å². The third-order valence-corrected chi connectivity index (χ3v) is 4.45. The first-order valence-electron chi connectivity index (χ1n) is 8.55. The van der Waals surface area contributed by atoms with E-state index in [1.807, 2.05) is 30.3 Å². The molecule has 2 atom stereocenters. The van der Waals surface area contributed by atoms with Crippen LogP contribution in [0.15, 0.2) is 30.3 Å². The van der Waals surface area contributed by atoms with Gasteiger partial charge in [0, 0.05) is 11.6 Å². The van der Waals surface area contributed by atoms with Crippen LogP contribution in [-0.4, -0.2) is 38.2 Å². The summed E-state index contributed by atoms with van der Waals surface area (Å²) in [4.78, 5) is 25.1. The largest absolute Gasteiger partial charge is 0.335 e. The van der Waals surface area contributed by atoms with Crippen molar-refractivity contribution in [2.45, 2.75) is 45.2 Å². The molecule has 1 fully saturated rings. The second-order valence-electron chi connectivity index (χ2n) is 6.40. The normalized spacial score (nSPS) is 20.0. The summed E-state index contributed by atoms with van der Waals surface area (Å²) in [7, 11) is 0. The van der Waals surface area contributed by atoms with Crippen molar-refractivity contribution in [3.63, 3.8) is 0 Å². The van der Waals surface area contributed by atoms with E-state index in [9.17, 15) is 9.59 Å². The Hall–Kier alpha value is -2.77. The van der Waals surface area contributed by atoms with E-state index in [0.29, 0.717) is 11.7 Å².